The van der Waals surface area contributed by atoms with E-state index < -0.39 is 9.84 Å². The van der Waals surface area contributed by atoms with Gasteiger partial charge in [-0.3, -0.25) is 0 Å². The van der Waals surface area contributed by atoms with Gasteiger partial charge >= 0.3 is 0 Å². The van der Waals surface area contributed by atoms with E-state index in [1.165, 1.54) is 11.3 Å². The second kappa shape index (κ2) is 4.41. The van der Waals surface area contributed by atoms with E-state index in [9.17, 15) is 8.42 Å². The maximum absolute atomic E-state index is 11.6. The molecule has 1 atom stereocenters. The lowest BCUT2D eigenvalue weighted by atomic mass is 10.2. The van der Waals surface area contributed by atoms with E-state index in [0.29, 0.717) is 10.8 Å². The molecule has 84 valence electrons. The molecule has 2 rings (SSSR count). The van der Waals surface area contributed by atoms with E-state index in [4.69, 9.17) is 11.6 Å². The molecule has 1 fully saturated rings. The molecule has 1 N–H and O–H groups in total. The smallest absolute Gasteiger partial charge is 0.152 e. The summed E-state index contributed by atoms with van der Waals surface area (Å²) in [6.45, 7) is 0.747. The van der Waals surface area contributed by atoms with Crippen molar-refractivity contribution in [3.05, 3.63) is 21.3 Å². The van der Waals surface area contributed by atoms with Crippen molar-refractivity contribution in [2.24, 2.45) is 0 Å². The van der Waals surface area contributed by atoms with Gasteiger partial charge in [0.2, 0.25) is 0 Å². The predicted molar refractivity (Wildman–Crippen MR) is 63.3 cm³/mol. The highest BCUT2D eigenvalue weighted by Gasteiger charge is 2.24. The van der Waals surface area contributed by atoms with E-state index in [1.807, 2.05) is 11.4 Å². The summed E-state index contributed by atoms with van der Waals surface area (Å²) in [4.78, 5) is 0. The highest BCUT2D eigenvalue weighted by molar-refractivity contribution is 7.91. The molecule has 15 heavy (non-hydrogen) atoms. The number of sulfone groups is 1. The zero-order valence-corrected chi connectivity index (χ0v) is 10.5. The molecule has 1 aliphatic rings. The van der Waals surface area contributed by atoms with Gasteiger partial charge in [-0.2, -0.15) is 0 Å². The zero-order valence-electron chi connectivity index (χ0n) is 8.07. The summed E-state index contributed by atoms with van der Waals surface area (Å²) in [7, 11) is -2.91. The monoisotopic (exact) mass is 265 g/mol. The third-order valence-electron chi connectivity index (χ3n) is 2.43. The number of nitrogens with one attached hydrogen (secondary N) is 1. The van der Waals surface area contributed by atoms with Gasteiger partial charge in [0, 0.05) is 6.04 Å². The first-order chi connectivity index (χ1) is 7.07. The van der Waals surface area contributed by atoms with Gasteiger partial charge in [0.15, 0.2) is 9.84 Å². The molecule has 6 heteroatoms. The molecule has 0 amide bonds. The highest BCUT2D eigenvalue weighted by Crippen LogP contribution is 2.26. The Morgan fingerprint density at radius 1 is 1.53 bits per heavy atom. The normalized spacial score (nSPS) is 26.1. The van der Waals surface area contributed by atoms with Gasteiger partial charge in [-0.25, -0.2) is 8.42 Å². The molecular formula is C9H12ClNO2S2. The number of hydrogen-bond donors (Lipinski definition) is 1. The van der Waals surface area contributed by atoms with Gasteiger partial charge in [-0.1, -0.05) is 11.6 Å². The Bertz CT molecular complexity index is 441. The molecule has 2 heterocycles. The van der Waals surface area contributed by atoms with Crippen LogP contribution in [0.1, 0.15) is 18.0 Å². The summed E-state index contributed by atoms with van der Waals surface area (Å²) in [6, 6.07) is 1.74. The molecule has 0 aromatic carbocycles. The van der Waals surface area contributed by atoms with Crippen LogP contribution in [-0.2, 0) is 9.84 Å². The average Bonchev–Trinajstić information content (AvgIpc) is 2.49. The van der Waals surface area contributed by atoms with E-state index in [-0.39, 0.29) is 17.5 Å². The summed E-state index contributed by atoms with van der Waals surface area (Å²) >= 11 is 7.27. The van der Waals surface area contributed by atoms with Crippen LogP contribution >= 0.6 is 22.9 Å². The number of rotatable bonds is 1. The SMILES string of the molecule is O=S1(=O)CCCNC(c2csc(Cl)c2)C1. The standard InChI is InChI=1S/C9H12ClNO2S2/c10-9-4-7(5-14-9)8-6-15(12,13)3-1-2-11-8/h4-5,8,11H,1-3,6H2. The first kappa shape index (κ1) is 11.4. The van der Waals surface area contributed by atoms with Crippen LogP contribution in [0, 0.1) is 0 Å². The van der Waals surface area contributed by atoms with Crippen molar-refractivity contribution in [3.63, 3.8) is 0 Å². The van der Waals surface area contributed by atoms with Crippen LogP contribution in [0.25, 0.3) is 0 Å². The Balaban J connectivity index is 2.21. The minimum atomic E-state index is -2.91. The van der Waals surface area contributed by atoms with Crippen molar-refractivity contribution >= 4 is 32.8 Å². The molecule has 0 bridgehead atoms. The fourth-order valence-electron chi connectivity index (χ4n) is 1.68. The quantitative estimate of drug-likeness (QED) is 0.843. The molecule has 0 spiro atoms. The summed E-state index contributed by atoms with van der Waals surface area (Å²) in [5, 5.41) is 5.15. The lowest BCUT2D eigenvalue weighted by Crippen LogP contribution is -2.24. The summed E-state index contributed by atoms with van der Waals surface area (Å²) in [5.41, 5.74) is 0.982. The van der Waals surface area contributed by atoms with E-state index in [2.05, 4.69) is 5.32 Å². The number of hydrogen-bond acceptors (Lipinski definition) is 4. The lowest BCUT2D eigenvalue weighted by Gasteiger charge is -2.13. The Labute approximate surface area is 98.4 Å². The van der Waals surface area contributed by atoms with E-state index in [0.717, 1.165) is 12.1 Å². The molecule has 1 aliphatic heterocycles. The van der Waals surface area contributed by atoms with Gasteiger partial charge in [0.25, 0.3) is 0 Å². The molecule has 1 aromatic heterocycles. The van der Waals surface area contributed by atoms with E-state index >= 15 is 0 Å². The predicted octanol–water partition coefficient (Wildman–Crippen LogP) is 1.85. The Morgan fingerprint density at radius 3 is 3.00 bits per heavy atom. The molecular weight excluding hydrogens is 254 g/mol. The molecule has 1 aromatic rings. The highest BCUT2D eigenvalue weighted by atomic mass is 35.5. The van der Waals surface area contributed by atoms with Crippen LogP contribution in [0.2, 0.25) is 4.34 Å². The number of halogens is 1. The van der Waals surface area contributed by atoms with Crippen LogP contribution in [0.15, 0.2) is 11.4 Å². The molecule has 1 unspecified atom stereocenters. The minimum absolute atomic E-state index is 0.0961. The maximum atomic E-state index is 11.6. The maximum Gasteiger partial charge on any atom is 0.152 e. The summed E-state index contributed by atoms with van der Waals surface area (Å²) in [5.74, 6) is 0.467. The van der Waals surface area contributed by atoms with Gasteiger partial charge < -0.3 is 5.32 Å². The van der Waals surface area contributed by atoms with Crippen LogP contribution in [-0.4, -0.2) is 26.5 Å². The van der Waals surface area contributed by atoms with Crippen LogP contribution in [0.3, 0.4) is 0 Å². The van der Waals surface area contributed by atoms with Crippen LogP contribution < -0.4 is 5.32 Å². The van der Waals surface area contributed by atoms with Gasteiger partial charge in [-0.15, -0.1) is 11.3 Å². The Hall–Kier alpha value is -0.100. The third kappa shape index (κ3) is 2.93. The van der Waals surface area contributed by atoms with Crippen molar-refractivity contribution in [1.82, 2.24) is 5.32 Å². The molecule has 0 radical (unpaired) electrons. The van der Waals surface area contributed by atoms with Crippen molar-refractivity contribution in [3.8, 4) is 0 Å². The van der Waals surface area contributed by atoms with Crippen molar-refractivity contribution < 1.29 is 8.42 Å². The third-order valence-corrected chi connectivity index (χ3v) is 5.29. The fraction of sp³-hybridized carbons (Fsp3) is 0.556. The van der Waals surface area contributed by atoms with Gasteiger partial charge in [0.1, 0.15) is 0 Å². The average molecular weight is 266 g/mol. The largest absolute Gasteiger partial charge is 0.309 e. The first-order valence-electron chi connectivity index (χ1n) is 4.74. The lowest BCUT2D eigenvalue weighted by molar-refractivity contribution is 0.573. The van der Waals surface area contributed by atoms with Crippen LogP contribution in [0.4, 0.5) is 0 Å². The van der Waals surface area contributed by atoms with Crippen molar-refractivity contribution in [1.29, 1.82) is 0 Å². The Kier molecular flexibility index (Phi) is 3.35. The van der Waals surface area contributed by atoms with Gasteiger partial charge in [0.05, 0.1) is 15.8 Å². The Morgan fingerprint density at radius 2 is 2.33 bits per heavy atom. The molecule has 3 nitrogen and oxygen atoms in total. The zero-order chi connectivity index (χ0) is 10.9. The summed E-state index contributed by atoms with van der Waals surface area (Å²) in [6.07, 6.45) is 0.691. The van der Waals surface area contributed by atoms with Crippen LogP contribution in [0.5, 0.6) is 0 Å². The fourth-order valence-corrected chi connectivity index (χ4v) is 4.20. The van der Waals surface area contributed by atoms with Crippen molar-refractivity contribution in [2.45, 2.75) is 12.5 Å². The van der Waals surface area contributed by atoms with Gasteiger partial charge in [-0.05, 0) is 30.0 Å². The van der Waals surface area contributed by atoms with Crippen molar-refractivity contribution in [2.75, 3.05) is 18.1 Å². The first-order valence-corrected chi connectivity index (χ1v) is 7.82. The summed E-state index contributed by atoms with van der Waals surface area (Å²) < 4.78 is 23.9. The number of thiophene rings is 1. The minimum Gasteiger partial charge on any atom is -0.309 e. The second-order valence-corrected chi connectivity index (χ2v) is 7.43. The second-order valence-electron chi connectivity index (χ2n) is 3.66. The molecule has 0 saturated carbocycles. The molecule has 0 aliphatic carbocycles. The van der Waals surface area contributed by atoms with E-state index in [1.54, 1.807) is 0 Å². The topological polar surface area (TPSA) is 46.2 Å². The molecule has 1 saturated heterocycles.